The van der Waals surface area contributed by atoms with Gasteiger partial charge in [-0.15, -0.1) is 0 Å². The van der Waals surface area contributed by atoms with Crippen molar-refractivity contribution >= 4 is 11.6 Å². The Bertz CT molecular complexity index is 524. The second kappa shape index (κ2) is 7.43. The van der Waals surface area contributed by atoms with E-state index in [1.807, 2.05) is 24.3 Å². The van der Waals surface area contributed by atoms with Crippen LogP contribution in [0.2, 0.25) is 0 Å². The summed E-state index contributed by atoms with van der Waals surface area (Å²) >= 11 is 0. The summed E-state index contributed by atoms with van der Waals surface area (Å²) in [6, 6.07) is 7.88. The highest BCUT2D eigenvalue weighted by Crippen LogP contribution is 2.37. The van der Waals surface area contributed by atoms with Crippen LogP contribution in [-0.2, 0) is 20.8 Å². The molecule has 1 saturated carbocycles. The SMILES string of the molecule is CC(=O)Nc1ccc(CNCC2COC3(CCCCC3)O2)cc1. The van der Waals surface area contributed by atoms with Crippen molar-refractivity contribution in [2.45, 2.75) is 57.5 Å². The van der Waals surface area contributed by atoms with E-state index in [1.165, 1.54) is 31.7 Å². The van der Waals surface area contributed by atoms with Crippen LogP contribution in [0.3, 0.4) is 0 Å². The van der Waals surface area contributed by atoms with E-state index in [0.29, 0.717) is 6.61 Å². The van der Waals surface area contributed by atoms with Gasteiger partial charge in [-0.05, 0) is 30.5 Å². The van der Waals surface area contributed by atoms with E-state index < -0.39 is 0 Å². The molecule has 1 spiro atoms. The van der Waals surface area contributed by atoms with Crippen molar-refractivity contribution in [1.29, 1.82) is 0 Å². The molecule has 1 saturated heterocycles. The predicted octanol–water partition coefficient (Wildman–Crippen LogP) is 2.81. The van der Waals surface area contributed by atoms with Crippen molar-refractivity contribution in [1.82, 2.24) is 5.32 Å². The second-order valence-electron chi connectivity index (χ2n) is 6.53. The summed E-state index contributed by atoms with van der Waals surface area (Å²) in [7, 11) is 0. The van der Waals surface area contributed by atoms with Gasteiger partial charge in [0.1, 0.15) is 0 Å². The summed E-state index contributed by atoms with van der Waals surface area (Å²) in [4.78, 5) is 11.0. The molecular weight excluding hydrogens is 292 g/mol. The van der Waals surface area contributed by atoms with Gasteiger partial charge in [0.15, 0.2) is 5.79 Å². The van der Waals surface area contributed by atoms with Crippen molar-refractivity contribution < 1.29 is 14.3 Å². The number of amides is 1. The molecule has 1 atom stereocenters. The Labute approximate surface area is 137 Å². The first-order chi connectivity index (χ1) is 11.2. The molecule has 2 N–H and O–H groups in total. The summed E-state index contributed by atoms with van der Waals surface area (Å²) in [6.45, 7) is 3.79. The van der Waals surface area contributed by atoms with Gasteiger partial charge < -0.3 is 20.1 Å². The monoisotopic (exact) mass is 318 g/mol. The molecule has 1 unspecified atom stereocenters. The molecule has 0 radical (unpaired) electrons. The lowest BCUT2D eigenvalue weighted by molar-refractivity contribution is -0.186. The predicted molar refractivity (Wildman–Crippen MR) is 89.1 cm³/mol. The summed E-state index contributed by atoms with van der Waals surface area (Å²) in [5.41, 5.74) is 2.01. The molecule has 1 aromatic rings. The molecule has 1 aliphatic heterocycles. The molecule has 1 aliphatic carbocycles. The number of rotatable bonds is 5. The van der Waals surface area contributed by atoms with Crippen LogP contribution < -0.4 is 10.6 Å². The van der Waals surface area contributed by atoms with Crippen LogP contribution in [0.15, 0.2) is 24.3 Å². The van der Waals surface area contributed by atoms with Crippen LogP contribution in [0.4, 0.5) is 5.69 Å². The lowest BCUT2D eigenvalue weighted by Gasteiger charge is -2.31. The first-order valence-electron chi connectivity index (χ1n) is 8.54. The molecule has 2 aliphatic rings. The third kappa shape index (κ3) is 4.53. The van der Waals surface area contributed by atoms with Crippen LogP contribution in [0.5, 0.6) is 0 Å². The Morgan fingerprint density at radius 1 is 1.22 bits per heavy atom. The maximum absolute atomic E-state index is 11.0. The molecule has 1 aromatic carbocycles. The normalized spacial score (nSPS) is 23.1. The molecule has 3 rings (SSSR count). The quantitative estimate of drug-likeness (QED) is 0.876. The van der Waals surface area contributed by atoms with Gasteiger partial charge in [-0.2, -0.15) is 0 Å². The second-order valence-corrected chi connectivity index (χ2v) is 6.53. The van der Waals surface area contributed by atoms with E-state index in [1.54, 1.807) is 0 Å². The topological polar surface area (TPSA) is 59.6 Å². The maximum Gasteiger partial charge on any atom is 0.221 e. The average Bonchev–Trinajstić information content (AvgIpc) is 2.92. The van der Waals surface area contributed by atoms with Crippen molar-refractivity contribution in [3.8, 4) is 0 Å². The number of carbonyl (C=O) groups is 1. The molecule has 126 valence electrons. The van der Waals surface area contributed by atoms with Gasteiger partial charge in [-0.3, -0.25) is 4.79 Å². The van der Waals surface area contributed by atoms with E-state index in [-0.39, 0.29) is 17.8 Å². The summed E-state index contributed by atoms with van der Waals surface area (Å²) < 4.78 is 12.1. The number of ether oxygens (including phenoxy) is 2. The smallest absolute Gasteiger partial charge is 0.221 e. The Kier molecular flexibility index (Phi) is 5.30. The standard InChI is InChI=1S/C18H26N2O3/c1-14(21)20-16-7-5-15(6-8-16)11-19-12-17-13-22-18(23-17)9-3-2-4-10-18/h5-8,17,19H,2-4,9-13H2,1H3,(H,20,21). The van der Waals surface area contributed by atoms with Crippen molar-refractivity contribution in [3.63, 3.8) is 0 Å². The molecule has 5 nitrogen and oxygen atoms in total. The van der Waals surface area contributed by atoms with Crippen molar-refractivity contribution in [2.75, 3.05) is 18.5 Å². The highest BCUT2D eigenvalue weighted by molar-refractivity contribution is 5.88. The van der Waals surface area contributed by atoms with Gasteiger partial charge in [0.2, 0.25) is 5.91 Å². The van der Waals surface area contributed by atoms with E-state index in [0.717, 1.165) is 31.6 Å². The van der Waals surface area contributed by atoms with Crippen LogP contribution in [-0.4, -0.2) is 30.9 Å². The minimum absolute atomic E-state index is 0.0501. The van der Waals surface area contributed by atoms with Crippen LogP contribution in [0.25, 0.3) is 0 Å². The van der Waals surface area contributed by atoms with Gasteiger partial charge in [0.25, 0.3) is 0 Å². The third-order valence-corrected chi connectivity index (χ3v) is 4.50. The van der Waals surface area contributed by atoms with Crippen LogP contribution in [0.1, 0.15) is 44.6 Å². The van der Waals surface area contributed by atoms with E-state index >= 15 is 0 Å². The Hall–Kier alpha value is -1.43. The maximum atomic E-state index is 11.0. The number of benzene rings is 1. The molecule has 0 aromatic heterocycles. The number of carbonyl (C=O) groups excluding carboxylic acids is 1. The first kappa shape index (κ1) is 16.4. The van der Waals surface area contributed by atoms with Gasteiger partial charge in [-0.25, -0.2) is 0 Å². The van der Waals surface area contributed by atoms with Crippen molar-refractivity contribution in [3.05, 3.63) is 29.8 Å². The Balaban J connectivity index is 1.40. The fourth-order valence-electron chi connectivity index (χ4n) is 3.36. The van der Waals surface area contributed by atoms with Crippen molar-refractivity contribution in [2.24, 2.45) is 0 Å². The minimum Gasteiger partial charge on any atom is -0.347 e. The average molecular weight is 318 g/mol. The van der Waals surface area contributed by atoms with Gasteiger partial charge >= 0.3 is 0 Å². The Morgan fingerprint density at radius 2 is 1.96 bits per heavy atom. The zero-order valence-electron chi connectivity index (χ0n) is 13.8. The summed E-state index contributed by atoms with van der Waals surface area (Å²) in [5, 5.41) is 6.20. The minimum atomic E-state index is -0.287. The fraction of sp³-hybridized carbons (Fsp3) is 0.611. The largest absolute Gasteiger partial charge is 0.347 e. The summed E-state index contributed by atoms with van der Waals surface area (Å²) in [5.74, 6) is -0.337. The molecule has 23 heavy (non-hydrogen) atoms. The first-order valence-corrected chi connectivity index (χ1v) is 8.54. The molecule has 0 bridgehead atoms. The van der Waals surface area contributed by atoms with Crippen LogP contribution >= 0.6 is 0 Å². The van der Waals surface area contributed by atoms with E-state index in [2.05, 4.69) is 10.6 Å². The lowest BCUT2D eigenvalue weighted by Crippen LogP contribution is -2.35. The van der Waals surface area contributed by atoms with E-state index in [4.69, 9.17) is 9.47 Å². The number of anilines is 1. The van der Waals surface area contributed by atoms with Crippen LogP contribution in [0, 0.1) is 0 Å². The molecule has 2 fully saturated rings. The molecule has 1 heterocycles. The number of hydrogen-bond acceptors (Lipinski definition) is 4. The molecular formula is C18H26N2O3. The fourth-order valence-corrected chi connectivity index (χ4v) is 3.36. The molecule has 5 heteroatoms. The van der Waals surface area contributed by atoms with Gasteiger partial charge in [-0.1, -0.05) is 18.6 Å². The number of hydrogen-bond donors (Lipinski definition) is 2. The summed E-state index contributed by atoms with van der Waals surface area (Å²) in [6.07, 6.45) is 5.93. The molecule has 1 amide bonds. The lowest BCUT2D eigenvalue weighted by atomic mass is 9.94. The third-order valence-electron chi connectivity index (χ3n) is 4.50. The van der Waals surface area contributed by atoms with Gasteiger partial charge in [0.05, 0.1) is 12.7 Å². The highest BCUT2D eigenvalue weighted by atomic mass is 16.7. The highest BCUT2D eigenvalue weighted by Gasteiger charge is 2.41. The zero-order valence-corrected chi connectivity index (χ0v) is 13.8. The number of nitrogens with one attached hydrogen (secondary N) is 2. The van der Waals surface area contributed by atoms with Gasteiger partial charge in [0, 0.05) is 38.5 Å². The zero-order chi connectivity index (χ0) is 16.1. The van der Waals surface area contributed by atoms with E-state index in [9.17, 15) is 4.79 Å². The Morgan fingerprint density at radius 3 is 2.65 bits per heavy atom.